The van der Waals surface area contributed by atoms with Crippen molar-refractivity contribution in [2.75, 3.05) is 12.4 Å². The summed E-state index contributed by atoms with van der Waals surface area (Å²) in [5.74, 6) is 0.221. The molecule has 176 valence electrons. The van der Waals surface area contributed by atoms with Gasteiger partial charge in [0.2, 0.25) is 5.91 Å². The maximum atomic E-state index is 13.7. The predicted octanol–water partition coefficient (Wildman–Crippen LogP) is 4.58. The van der Waals surface area contributed by atoms with Crippen molar-refractivity contribution in [2.24, 2.45) is 0 Å². The van der Waals surface area contributed by atoms with E-state index in [0.29, 0.717) is 27.3 Å². The molecule has 1 amide bonds. The highest BCUT2D eigenvalue weighted by atomic mass is 32.1. The van der Waals surface area contributed by atoms with Crippen LogP contribution in [-0.2, 0) is 17.8 Å². The van der Waals surface area contributed by atoms with Gasteiger partial charge < -0.3 is 10.1 Å². The van der Waals surface area contributed by atoms with Crippen LogP contribution in [0.2, 0.25) is 0 Å². The lowest BCUT2D eigenvalue weighted by Crippen LogP contribution is -2.40. The lowest BCUT2D eigenvalue weighted by molar-refractivity contribution is -0.116. The van der Waals surface area contributed by atoms with Crippen LogP contribution in [0.1, 0.15) is 12.5 Å². The molecule has 2 aromatic heterocycles. The zero-order valence-electron chi connectivity index (χ0n) is 19.3. The molecule has 0 aliphatic heterocycles. The number of nitrogens with one attached hydrogen (secondary N) is 1. The van der Waals surface area contributed by atoms with Gasteiger partial charge in [-0.2, -0.15) is 0 Å². The number of carbonyl (C=O) groups excluding carboxylic acids is 1. The van der Waals surface area contributed by atoms with E-state index < -0.39 is 5.69 Å². The summed E-state index contributed by atoms with van der Waals surface area (Å²) >= 11 is 1.32. The van der Waals surface area contributed by atoms with Gasteiger partial charge >= 0.3 is 5.69 Å². The van der Waals surface area contributed by atoms with Crippen LogP contribution >= 0.6 is 11.3 Å². The first-order valence-electron chi connectivity index (χ1n) is 11.2. The summed E-state index contributed by atoms with van der Waals surface area (Å²) in [7, 11) is 1.55. The molecule has 0 fully saturated rings. The van der Waals surface area contributed by atoms with E-state index >= 15 is 0 Å². The number of methoxy groups -OCH3 is 1. The number of hydrogen-bond donors (Lipinski definition) is 1. The average molecular weight is 486 g/mol. The normalized spacial score (nSPS) is 11.1. The van der Waals surface area contributed by atoms with Crippen LogP contribution < -0.4 is 21.3 Å². The average Bonchev–Trinajstić information content (AvgIpc) is 3.27. The molecule has 5 aromatic rings. The lowest BCUT2D eigenvalue weighted by atomic mass is 10.1. The largest absolute Gasteiger partial charge is 0.497 e. The summed E-state index contributed by atoms with van der Waals surface area (Å²) in [6, 6.07) is 21.8. The Morgan fingerprint density at radius 3 is 2.51 bits per heavy atom. The molecule has 0 saturated carbocycles. The van der Waals surface area contributed by atoms with Crippen LogP contribution in [0.3, 0.4) is 0 Å². The lowest BCUT2D eigenvalue weighted by Gasteiger charge is -2.13. The first-order chi connectivity index (χ1) is 17.0. The van der Waals surface area contributed by atoms with E-state index in [1.54, 1.807) is 43.5 Å². The number of benzene rings is 3. The quantitative estimate of drug-likeness (QED) is 0.382. The number of amides is 1. The van der Waals surface area contributed by atoms with Gasteiger partial charge in [0, 0.05) is 21.8 Å². The van der Waals surface area contributed by atoms with E-state index in [1.807, 2.05) is 43.3 Å². The first kappa shape index (κ1) is 22.6. The predicted molar refractivity (Wildman–Crippen MR) is 140 cm³/mol. The second-order valence-corrected chi connectivity index (χ2v) is 9.14. The number of fused-ring (bicyclic) bond motifs is 3. The molecule has 0 aliphatic carbocycles. The minimum absolute atomic E-state index is 0.249. The van der Waals surface area contributed by atoms with Gasteiger partial charge in [0.15, 0.2) is 0 Å². The third-order valence-corrected chi connectivity index (χ3v) is 7.06. The van der Waals surface area contributed by atoms with Crippen LogP contribution in [0.15, 0.2) is 82.4 Å². The van der Waals surface area contributed by atoms with Gasteiger partial charge in [0.1, 0.15) is 17.0 Å². The van der Waals surface area contributed by atoms with Crippen LogP contribution in [-0.4, -0.2) is 22.2 Å². The smallest absolute Gasteiger partial charge is 0.336 e. The van der Waals surface area contributed by atoms with Gasteiger partial charge in [-0.3, -0.25) is 14.2 Å². The summed E-state index contributed by atoms with van der Waals surface area (Å²) in [4.78, 5) is 40.3. The molecular weight excluding hydrogens is 462 g/mol. The molecule has 0 aliphatic rings. The van der Waals surface area contributed by atoms with E-state index in [4.69, 9.17) is 4.74 Å². The van der Waals surface area contributed by atoms with Crippen molar-refractivity contribution in [3.8, 4) is 11.4 Å². The third kappa shape index (κ3) is 4.13. The Hall–Kier alpha value is -4.17. The SMILES string of the molecule is CCc1ccc(-n2c(=O)c3sc4ccccc4c3n(CC(=O)Nc3cccc(OC)c3)c2=O)cc1. The summed E-state index contributed by atoms with van der Waals surface area (Å²) in [5.41, 5.74) is 1.65. The minimum Gasteiger partial charge on any atom is -0.497 e. The topological polar surface area (TPSA) is 82.3 Å². The van der Waals surface area contributed by atoms with Gasteiger partial charge in [0.25, 0.3) is 5.56 Å². The molecular formula is C27H23N3O4S. The van der Waals surface area contributed by atoms with Gasteiger partial charge in [-0.1, -0.05) is 43.3 Å². The van der Waals surface area contributed by atoms with Crippen molar-refractivity contribution in [3.63, 3.8) is 0 Å². The molecule has 0 unspecified atom stereocenters. The second kappa shape index (κ2) is 9.23. The van der Waals surface area contributed by atoms with E-state index in [2.05, 4.69) is 5.32 Å². The fourth-order valence-electron chi connectivity index (χ4n) is 4.15. The molecule has 8 heteroatoms. The molecule has 0 atom stereocenters. The van der Waals surface area contributed by atoms with Crippen LogP contribution in [0.5, 0.6) is 5.75 Å². The Labute approximate surface area is 204 Å². The van der Waals surface area contributed by atoms with Crippen molar-refractivity contribution in [3.05, 3.63) is 99.2 Å². The van der Waals surface area contributed by atoms with E-state index in [9.17, 15) is 14.4 Å². The van der Waals surface area contributed by atoms with Crippen molar-refractivity contribution in [2.45, 2.75) is 19.9 Å². The van der Waals surface area contributed by atoms with Gasteiger partial charge in [-0.25, -0.2) is 9.36 Å². The standard InChI is InChI=1S/C27H23N3O4S/c1-3-17-11-13-19(14-12-17)30-26(32)25-24(21-9-4-5-10-22(21)35-25)29(27(30)33)16-23(31)28-18-7-6-8-20(15-18)34-2/h4-15H,3,16H2,1-2H3,(H,28,31). The van der Waals surface area contributed by atoms with E-state index in [0.717, 1.165) is 26.6 Å². The van der Waals surface area contributed by atoms with Gasteiger partial charge in [-0.05, 0) is 42.3 Å². The first-order valence-corrected chi connectivity index (χ1v) is 12.0. The molecule has 2 heterocycles. The van der Waals surface area contributed by atoms with Crippen molar-refractivity contribution in [1.29, 1.82) is 0 Å². The Balaban J connectivity index is 1.68. The molecule has 1 N–H and O–H groups in total. The molecule has 0 bridgehead atoms. The number of rotatable bonds is 6. The van der Waals surface area contributed by atoms with E-state index in [-0.39, 0.29) is 18.0 Å². The number of nitrogens with zero attached hydrogens (tertiary/aromatic N) is 2. The molecule has 7 nitrogen and oxygen atoms in total. The Morgan fingerprint density at radius 2 is 1.77 bits per heavy atom. The number of anilines is 1. The summed E-state index contributed by atoms with van der Waals surface area (Å²) in [5, 5.41) is 3.59. The number of aromatic nitrogens is 2. The van der Waals surface area contributed by atoms with Crippen molar-refractivity contribution in [1.82, 2.24) is 9.13 Å². The molecule has 0 radical (unpaired) electrons. The van der Waals surface area contributed by atoms with Crippen LogP contribution in [0, 0.1) is 0 Å². The molecule has 0 saturated heterocycles. The molecule has 0 spiro atoms. The molecule has 5 rings (SSSR count). The van der Waals surface area contributed by atoms with Crippen LogP contribution in [0.25, 0.3) is 26.0 Å². The highest BCUT2D eigenvalue weighted by molar-refractivity contribution is 7.25. The maximum absolute atomic E-state index is 13.7. The number of ether oxygens (including phenoxy) is 1. The van der Waals surface area contributed by atoms with Crippen molar-refractivity contribution >= 4 is 43.2 Å². The summed E-state index contributed by atoms with van der Waals surface area (Å²) in [6.45, 7) is 1.79. The Morgan fingerprint density at radius 1 is 1.00 bits per heavy atom. The van der Waals surface area contributed by atoms with Crippen LogP contribution in [0.4, 0.5) is 5.69 Å². The van der Waals surface area contributed by atoms with Gasteiger partial charge in [0.05, 0.1) is 18.3 Å². The number of hydrogen-bond acceptors (Lipinski definition) is 5. The highest BCUT2D eigenvalue weighted by Crippen LogP contribution is 2.31. The van der Waals surface area contributed by atoms with E-state index in [1.165, 1.54) is 15.9 Å². The highest BCUT2D eigenvalue weighted by Gasteiger charge is 2.21. The maximum Gasteiger partial charge on any atom is 0.336 e. The van der Waals surface area contributed by atoms with Gasteiger partial charge in [-0.15, -0.1) is 11.3 Å². The Bertz CT molecular complexity index is 1680. The zero-order valence-corrected chi connectivity index (χ0v) is 20.1. The second-order valence-electron chi connectivity index (χ2n) is 8.09. The van der Waals surface area contributed by atoms with Crippen molar-refractivity contribution < 1.29 is 9.53 Å². The number of thiophene rings is 1. The summed E-state index contributed by atoms with van der Waals surface area (Å²) in [6.07, 6.45) is 0.846. The third-order valence-electron chi connectivity index (χ3n) is 5.92. The minimum atomic E-state index is -0.559. The monoisotopic (exact) mass is 485 g/mol. The Kier molecular flexibility index (Phi) is 5.96. The molecule has 35 heavy (non-hydrogen) atoms. The fraction of sp³-hybridized carbons (Fsp3) is 0.148. The zero-order chi connectivity index (χ0) is 24.5. The number of aryl methyl sites for hydroxylation is 1. The number of carbonyl (C=O) groups is 1. The summed E-state index contributed by atoms with van der Waals surface area (Å²) < 4.78 is 9.06. The fourth-order valence-corrected chi connectivity index (χ4v) is 5.29. The molecule has 3 aromatic carbocycles.